The van der Waals surface area contributed by atoms with Gasteiger partial charge in [0, 0.05) is 30.8 Å². The fraction of sp³-hybridized carbons (Fsp3) is 0.538. The van der Waals surface area contributed by atoms with E-state index in [1.54, 1.807) is 0 Å². The maximum Gasteiger partial charge on any atom is 0.0480 e. The van der Waals surface area contributed by atoms with Gasteiger partial charge >= 0.3 is 0 Å². The van der Waals surface area contributed by atoms with Crippen LogP contribution in [0.4, 0.5) is 0 Å². The highest BCUT2D eigenvalue weighted by Gasteiger charge is 2.11. The summed E-state index contributed by atoms with van der Waals surface area (Å²) < 4.78 is 5.44. The van der Waals surface area contributed by atoms with E-state index in [4.69, 9.17) is 16.3 Å². The minimum Gasteiger partial charge on any atom is -0.381 e. The number of hydrogen-bond donors (Lipinski definition) is 1. The normalized spacial score (nSPS) is 21.7. The molecule has 0 amide bonds. The highest BCUT2D eigenvalue weighted by atomic mass is 35.5. The Bertz CT molecular complexity index is 304. The Hall–Kier alpha value is -0.570. The molecule has 88 valence electrons. The summed E-state index contributed by atoms with van der Waals surface area (Å²) >= 11 is 5.85. The van der Waals surface area contributed by atoms with Crippen molar-refractivity contribution in [3.8, 4) is 0 Å². The van der Waals surface area contributed by atoms with Gasteiger partial charge in [-0.2, -0.15) is 0 Å². The third-order valence-electron chi connectivity index (χ3n) is 2.96. The average molecular weight is 240 g/mol. The third-order valence-corrected chi connectivity index (χ3v) is 3.21. The maximum atomic E-state index is 5.85. The van der Waals surface area contributed by atoms with Crippen molar-refractivity contribution in [1.82, 2.24) is 5.32 Å². The Labute approximate surface area is 102 Å². The van der Waals surface area contributed by atoms with E-state index in [0.29, 0.717) is 6.04 Å². The number of ether oxygens (including phenoxy) is 1. The molecule has 1 heterocycles. The quantitative estimate of drug-likeness (QED) is 0.876. The molecule has 1 atom stereocenters. The molecule has 2 nitrogen and oxygen atoms in total. The second-order valence-electron chi connectivity index (χ2n) is 4.25. The van der Waals surface area contributed by atoms with Crippen LogP contribution in [-0.4, -0.2) is 19.3 Å². The van der Waals surface area contributed by atoms with Gasteiger partial charge < -0.3 is 10.1 Å². The Morgan fingerprint density at radius 3 is 2.81 bits per heavy atom. The van der Waals surface area contributed by atoms with Crippen molar-refractivity contribution in [2.45, 2.75) is 31.8 Å². The minimum atomic E-state index is 0.596. The number of rotatable bonds is 3. The smallest absolute Gasteiger partial charge is 0.0480 e. The van der Waals surface area contributed by atoms with Crippen LogP contribution in [0.25, 0.3) is 0 Å². The van der Waals surface area contributed by atoms with E-state index in [9.17, 15) is 0 Å². The molecule has 1 unspecified atom stereocenters. The van der Waals surface area contributed by atoms with E-state index in [2.05, 4.69) is 17.4 Å². The van der Waals surface area contributed by atoms with E-state index in [1.807, 2.05) is 12.1 Å². The third kappa shape index (κ3) is 3.78. The molecule has 1 aromatic rings. The van der Waals surface area contributed by atoms with Crippen LogP contribution in [0.15, 0.2) is 24.3 Å². The molecule has 0 saturated carbocycles. The van der Waals surface area contributed by atoms with Gasteiger partial charge in [-0.25, -0.2) is 0 Å². The molecular formula is C13H18ClNO. The predicted octanol–water partition coefficient (Wildman–Crippen LogP) is 3.00. The second-order valence-corrected chi connectivity index (χ2v) is 4.68. The molecule has 1 N–H and O–H groups in total. The fourth-order valence-corrected chi connectivity index (χ4v) is 2.10. The predicted molar refractivity (Wildman–Crippen MR) is 66.7 cm³/mol. The van der Waals surface area contributed by atoms with Crippen LogP contribution in [-0.2, 0) is 11.3 Å². The van der Waals surface area contributed by atoms with Gasteiger partial charge in [0.2, 0.25) is 0 Å². The van der Waals surface area contributed by atoms with Crippen molar-refractivity contribution in [1.29, 1.82) is 0 Å². The zero-order chi connectivity index (χ0) is 11.2. The summed E-state index contributed by atoms with van der Waals surface area (Å²) in [7, 11) is 0. The van der Waals surface area contributed by atoms with Crippen LogP contribution in [0.1, 0.15) is 24.8 Å². The van der Waals surface area contributed by atoms with Crippen molar-refractivity contribution in [3.05, 3.63) is 34.9 Å². The van der Waals surface area contributed by atoms with E-state index < -0.39 is 0 Å². The van der Waals surface area contributed by atoms with E-state index in [1.165, 1.54) is 12.0 Å². The van der Waals surface area contributed by atoms with Gasteiger partial charge in [0.15, 0.2) is 0 Å². The van der Waals surface area contributed by atoms with Gasteiger partial charge in [-0.15, -0.1) is 0 Å². The monoisotopic (exact) mass is 239 g/mol. The number of halogens is 1. The highest BCUT2D eigenvalue weighted by Crippen LogP contribution is 2.11. The molecule has 1 aliphatic heterocycles. The Balaban J connectivity index is 1.79. The summed E-state index contributed by atoms with van der Waals surface area (Å²) in [5, 5.41) is 4.37. The van der Waals surface area contributed by atoms with Gasteiger partial charge in [0.05, 0.1) is 0 Å². The first-order valence-electron chi connectivity index (χ1n) is 5.90. The zero-order valence-electron chi connectivity index (χ0n) is 9.42. The van der Waals surface area contributed by atoms with Gasteiger partial charge in [-0.3, -0.25) is 0 Å². The lowest BCUT2D eigenvalue weighted by atomic mass is 10.1. The molecule has 0 spiro atoms. The van der Waals surface area contributed by atoms with E-state index in [0.717, 1.165) is 37.6 Å². The molecular weight excluding hydrogens is 222 g/mol. The molecule has 0 aliphatic carbocycles. The van der Waals surface area contributed by atoms with Crippen LogP contribution in [0.3, 0.4) is 0 Å². The van der Waals surface area contributed by atoms with Crippen LogP contribution in [0, 0.1) is 0 Å². The largest absolute Gasteiger partial charge is 0.381 e. The van der Waals surface area contributed by atoms with Gasteiger partial charge in [-0.05, 0) is 37.0 Å². The molecule has 16 heavy (non-hydrogen) atoms. The molecule has 0 bridgehead atoms. The number of hydrogen-bond acceptors (Lipinski definition) is 2. The molecule has 1 saturated heterocycles. The van der Waals surface area contributed by atoms with Gasteiger partial charge in [0.25, 0.3) is 0 Å². The van der Waals surface area contributed by atoms with Crippen molar-refractivity contribution >= 4 is 11.6 Å². The van der Waals surface area contributed by atoms with Gasteiger partial charge in [-0.1, -0.05) is 23.7 Å². The fourth-order valence-electron chi connectivity index (χ4n) is 1.97. The lowest BCUT2D eigenvalue weighted by molar-refractivity contribution is 0.142. The summed E-state index contributed by atoms with van der Waals surface area (Å²) in [5.41, 5.74) is 1.29. The summed E-state index contributed by atoms with van der Waals surface area (Å²) in [5.74, 6) is 0. The first-order valence-corrected chi connectivity index (χ1v) is 6.28. The van der Waals surface area contributed by atoms with E-state index >= 15 is 0 Å². The molecule has 1 aromatic carbocycles. The molecule has 3 heteroatoms. The standard InChI is InChI=1S/C13H18ClNO/c14-12-5-3-11(4-6-12)10-15-13-2-1-8-16-9-7-13/h3-6,13,15H,1-2,7-10H2. The van der Waals surface area contributed by atoms with Crippen molar-refractivity contribution in [3.63, 3.8) is 0 Å². The summed E-state index contributed by atoms with van der Waals surface area (Å²) in [4.78, 5) is 0. The number of benzene rings is 1. The number of nitrogens with one attached hydrogen (secondary N) is 1. The average Bonchev–Trinajstić information content (AvgIpc) is 2.57. The zero-order valence-corrected chi connectivity index (χ0v) is 10.2. The second kappa shape index (κ2) is 6.24. The van der Waals surface area contributed by atoms with Crippen molar-refractivity contribution < 1.29 is 4.74 Å². The maximum absolute atomic E-state index is 5.85. The van der Waals surface area contributed by atoms with Crippen LogP contribution in [0.5, 0.6) is 0 Å². The molecule has 0 aromatic heterocycles. The molecule has 2 rings (SSSR count). The summed E-state index contributed by atoms with van der Waals surface area (Å²) in [6.07, 6.45) is 3.50. The van der Waals surface area contributed by atoms with Crippen molar-refractivity contribution in [2.24, 2.45) is 0 Å². The topological polar surface area (TPSA) is 21.3 Å². The Morgan fingerprint density at radius 2 is 2.00 bits per heavy atom. The lowest BCUT2D eigenvalue weighted by Crippen LogP contribution is -2.28. The molecule has 1 fully saturated rings. The lowest BCUT2D eigenvalue weighted by Gasteiger charge is -2.15. The van der Waals surface area contributed by atoms with E-state index in [-0.39, 0.29) is 0 Å². The molecule has 1 aliphatic rings. The Kier molecular flexibility index (Phi) is 4.64. The van der Waals surface area contributed by atoms with Crippen LogP contribution in [0.2, 0.25) is 5.02 Å². The summed E-state index contributed by atoms with van der Waals surface area (Å²) in [6.45, 7) is 2.72. The Morgan fingerprint density at radius 1 is 1.19 bits per heavy atom. The van der Waals surface area contributed by atoms with Crippen molar-refractivity contribution in [2.75, 3.05) is 13.2 Å². The minimum absolute atomic E-state index is 0.596. The summed E-state index contributed by atoms with van der Waals surface area (Å²) in [6, 6.07) is 8.62. The van der Waals surface area contributed by atoms with Gasteiger partial charge in [0.1, 0.15) is 0 Å². The van der Waals surface area contributed by atoms with Crippen LogP contribution >= 0.6 is 11.6 Å². The highest BCUT2D eigenvalue weighted by molar-refractivity contribution is 6.30. The molecule has 0 radical (unpaired) electrons. The first-order chi connectivity index (χ1) is 7.84. The first kappa shape index (κ1) is 11.9. The SMILES string of the molecule is Clc1ccc(CNC2CCCOCC2)cc1. The van der Waals surface area contributed by atoms with Crippen LogP contribution < -0.4 is 5.32 Å².